The highest BCUT2D eigenvalue weighted by Crippen LogP contribution is 2.30. The van der Waals surface area contributed by atoms with Crippen molar-refractivity contribution in [2.75, 3.05) is 31.3 Å². The highest BCUT2D eigenvalue weighted by molar-refractivity contribution is 8.14. The molecule has 8 nitrogen and oxygen atoms in total. The molecular weight excluding hydrogens is 426 g/mol. The largest absolute Gasteiger partial charge is 0.449 e. The first-order chi connectivity index (χ1) is 15.5. The summed E-state index contributed by atoms with van der Waals surface area (Å²) in [5.74, 6) is 0.467. The molecule has 32 heavy (non-hydrogen) atoms. The van der Waals surface area contributed by atoms with Gasteiger partial charge in [0.1, 0.15) is 0 Å². The van der Waals surface area contributed by atoms with Gasteiger partial charge in [0.2, 0.25) is 0 Å². The van der Waals surface area contributed by atoms with E-state index >= 15 is 0 Å². The number of ether oxygens (including phenoxy) is 1. The van der Waals surface area contributed by atoms with Gasteiger partial charge in [-0.3, -0.25) is 10.1 Å². The summed E-state index contributed by atoms with van der Waals surface area (Å²) < 4.78 is 5.16. The van der Waals surface area contributed by atoms with Gasteiger partial charge in [-0.2, -0.15) is 10.4 Å². The van der Waals surface area contributed by atoms with Crippen molar-refractivity contribution < 1.29 is 14.3 Å². The van der Waals surface area contributed by atoms with E-state index in [1.54, 1.807) is 18.2 Å². The standard InChI is InChI=1S/C23H25N5O3S/c1-16(19-5-3-6-20(13-19)26-22(29)31-12-4-11-25-2)28-23(30)32-15-21(27-28)18-9-7-17(14-24)8-10-18/h3,5-10,13,16,25H,4,11-12,15H2,1-2H3,(H,26,29). The van der Waals surface area contributed by atoms with Gasteiger partial charge in [-0.25, -0.2) is 9.80 Å². The maximum Gasteiger partial charge on any atom is 0.411 e. The Balaban J connectivity index is 1.71. The minimum Gasteiger partial charge on any atom is -0.449 e. The molecule has 3 rings (SSSR count). The first kappa shape index (κ1) is 23.3. The van der Waals surface area contributed by atoms with Crippen molar-refractivity contribution in [2.24, 2.45) is 5.10 Å². The van der Waals surface area contributed by atoms with Crippen LogP contribution in [-0.2, 0) is 4.74 Å². The number of nitrogens with zero attached hydrogens (tertiary/aromatic N) is 3. The van der Waals surface area contributed by atoms with E-state index < -0.39 is 6.09 Å². The number of hydrogen-bond acceptors (Lipinski definition) is 7. The van der Waals surface area contributed by atoms with Gasteiger partial charge in [0, 0.05) is 11.4 Å². The molecule has 1 aliphatic heterocycles. The first-order valence-corrected chi connectivity index (χ1v) is 11.2. The molecule has 2 aromatic carbocycles. The fraction of sp³-hybridized carbons (Fsp3) is 0.304. The summed E-state index contributed by atoms with van der Waals surface area (Å²) in [4.78, 5) is 24.6. The second kappa shape index (κ2) is 11.3. The third-order valence-electron chi connectivity index (χ3n) is 4.88. The third-order valence-corrected chi connectivity index (χ3v) is 5.73. The zero-order chi connectivity index (χ0) is 22.9. The van der Waals surface area contributed by atoms with Gasteiger partial charge in [0.15, 0.2) is 0 Å². The minimum atomic E-state index is -0.517. The lowest BCUT2D eigenvalue weighted by Crippen LogP contribution is -2.32. The van der Waals surface area contributed by atoms with Gasteiger partial charge < -0.3 is 10.1 Å². The fourth-order valence-electron chi connectivity index (χ4n) is 3.10. The summed E-state index contributed by atoms with van der Waals surface area (Å²) in [6.45, 7) is 2.99. The number of thioether (sulfide) groups is 1. The summed E-state index contributed by atoms with van der Waals surface area (Å²) in [7, 11) is 1.84. The molecule has 0 aliphatic carbocycles. The van der Waals surface area contributed by atoms with E-state index in [1.807, 2.05) is 44.3 Å². The molecule has 0 spiro atoms. The predicted octanol–water partition coefficient (Wildman–Crippen LogP) is 4.35. The number of benzene rings is 2. The molecule has 0 radical (unpaired) electrons. The molecule has 1 heterocycles. The van der Waals surface area contributed by atoms with Crippen LogP contribution in [0.3, 0.4) is 0 Å². The monoisotopic (exact) mass is 451 g/mol. The van der Waals surface area contributed by atoms with Crippen LogP contribution in [0, 0.1) is 11.3 Å². The van der Waals surface area contributed by atoms with Crippen LogP contribution in [0.2, 0.25) is 0 Å². The smallest absolute Gasteiger partial charge is 0.411 e. The highest BCUT2D eigenvalue weighted by atomic mass is 32.2. The topological polar surface area (TPSA) is 107 Å². The van der Waals surface area contributed by atoms with Crippen LogP contribution in [0.15, 0.2) is 53.6 Å². The normalized spacial score (nSPS) is 14.3. The van der Waals surface area contributed by atoms with Crippen molar-refractivity contribution in [1.29, 1.82) is 5.26 Å². The molecule has 0 saturated heterocycles. The number of hydrogen-bond donors (Lipinski definition) is 2. The summed E-state index contributed by atoms with van der Waals surface area (Å²) in [5, 5.41) is 20.6. The fourth-order valence-corrected chi connectivity index (χ4v) is 3.92. The van der Waals surface area contributed by atoms with Crippen molar-refractivity contribution in [3.05, 3.63) is 65.2 Å². The number of anilines is 1. The molecule has 1 unspecified atom stereocenters. The molecule has 0 saturated carbocycles. The number of amides is 2. The molecule has 2 N–H and O–H groups in total. The Morgan fingerprint density at radius 2 is 2.09 bits per heavy atom. The number of carbonyl (C=O) groups is 2. The van der Waals surface area contributed by atoms with Gasteiger partial charge >= 0.3 is 11.3 Å². The summed E-state index contributed by atoms with van der Waals surface area (Å²) >= 11 is 1.19. The molecule has 0 fully saturated rings. The molecule has 166 valence electrons. The maximum absolute atomic E-state index is 12.6. The quantitative estimate of drug-likeness (QED) is 0.578. The summed E-state index contributed by atoms with van der Waals surface area (Å²) in [6.07, 6.45) is 0.214. The van der Waals surface area contributed by atoms with Crippen molar-refractivity contribution in [3.8, 4) is 6.07 Å². The first-order valence-electron chi connectivity index (χ1n) is 10.2. The number of nitriles is 1. The maximum atomic E-state index is 12.6. The second-order valence-electron chi connectivity index (χ2n) is 7.15. The Labute approximate surface area is 191 Å². The molecular formula is C23H25N5O3S. The van der Waals surface area contributed by atoms with Crippen LogP contribution >= 0.6 is 11.8 Å². The number of hydrazone groups is 1. The van der Waals surface area contributed by atoms with Crippen LogP contribution in [-0.4, -0.2) is 48.0 Å². The van der Waals surface area contributed by atoms with Crippen molar-refractivity contribution in [3.63, 3.8) is 0 Å². The molecule has 1 aliphatic rings. The summed E-state index contributed by atoms with van der Waals surface area (Å²) in [5.41, 5.74) is 3.63. The zero-order valence-corrected chi connectivity index (χ0v) is 18.8. The van der Waals surface area contributed by atoms with Gasteiger partial charge in [-0.15, -0.1) is 0 Å². The van der Waals surface area contributed by atoms with Crippen molar-refractivity contribution >= 4 is 34.5 Å². The molecule has 9 heteroatoms. The number of rotatable bonds is 8. The molecule has 2 aromatic rings. The Morgan fingerprint density at radius 3 is 2.81 bits per heavy atom. The predicted molar refractivity (Wildman–Crippen MR) is 126 cm³/mol. The Bertz CT molecular complexity index is 1030. The lowest BCUT2D eigenvalue weighted by Gasteiger charge is -2.29. The zero-order valence-electron chi connectivity index (χ0n) is 18.0. The number of carbonyl (C=O) groups excluding carboxylic acids is 2. The van der Waals surface area contributed by atoms with E-state index in [0.29, 0.717) is 23.6 Å². The van der Waals surface area contributed by atoms with E-state index in [9.17, 15) is 9.59 Å². The Morgan fingerprint density at radius 1 is 1.31 bits per heavy atom. The van der Waals surface area contributed by atoms with E-state index in [-0.39, 0.29) is 11.3 Å². The lowest BCUT2D eigenvalue weighted by molar-refractivity contribution is 0.160. The second-order valence-corrected chi connectivity index (χ2v) is 8.08. The number of nitrogens with one attached hydrogen (secondary N) is 2. The molecule has 2 amide bonds. The van der Waals surface area contributed by atoms with E-state index in [1.165, 1.54) is 16.8 Å². The highest BCUT2D eigenvalue weighted by Gasteiger charge is 2.27. The van der Waals surface area contributed by atoms with E-state index in [4.69, 9.17) is 10.00 Å². The average molecular weight is 452 g/mol. The van der Waals surface area contributed by atoms with Gasteiger partial charge in [-0.05, 0) is 62.3 Å². The van der Waals surface area contributed by atoms with Gasteiger partial charge in [0.25, 0.3) is 0 Å². The van der Waals surface area contributed by atoms with Crippen LogP contribution in [0.4, 0.5) is 15.3 Å². The van der Waals surface area contributed by atoms with Crippen LogP contribution in [0.1, 0.15) is 36.1 Å². The SMILES string of the molecule is CNCCCOC(=O)Nc1cccc(C(C)N2N=C(c3ccc(C#N)cc3)CSC2=O)c1. The van der Waals surface area contributed by atoms with E-state index in [2.05, 4.69) is 21.8 Å². The lowest BCUT2D eigenvalue weighted by atomic mass is 10.1. The van der Waals surface area contributed by atoms with E-state index in [0.717, 1.165) is 29.8 Å². The van der Waals surface area contributed by atoms with Crippen LogP contribution in [0.5, 0.6) is 0 Å². The third kappa shape index (κ3) is 6.09. The van der Waals surface area contributed by atoms with Crippen LogP contribution in [0.25, 0.3) is 0 Å². The average Bonchev–Trinajstić information content (AvgIpc) is 2.82. The van der Waals surface area contributed by atoms with Crippen LogP contribution < -0.4 is 10.6 Å². The van der Waals surface area contributed by atoms with Gasteiger partial charge in [0.05, 0.1) is 30.0 Å². The molecule has 0 aromatic heterocycles. The summed E-state index contributed by atoms with van der Waals surface area (Å²) in [6, 6.07) is 16.2. The molecule has 1 atom stereocenters. The Hall–Kier alpha value is -3.35. The Kier molecular flexibility index (Phi) is 8.25. The van der Waals surface area contributed by atoms with Gasteiger partial charge in [-0.1, -0.05) is 36.0 Å². The molecule has 0 bridgehead atoms. The van der Waals surface area contributed by atoms with Crippen molar-refractivity contribution in [2.45, 2.75) is 19.4 Å². The minimum absolute atomic E-state index is 0.141. The van der Waals surface area contributed by atoms with Crippen molar-refractivity contribution in [1.82, 2.24) is 10.3 Å².